The Hall–Kier alpha value is 4.92. The van der Waals surface area contributed by atoms with Crippen molar-refractivity contribution < 1.29 is 33.3 Å². The van der Waals surface area contributed by atoms with Crippen molar-refractivity contribution in [1.29, 1.82) is 0 Å². The van der Waals surface area contributed by atoms with Gasteiger partial charge in [0.1, 0.15) is 0 Å². The second kappa shape index (κ2) is 58.7. The van der Waals surface area contributed by atoms with Gasteiger partial charge in [-0.25, -0.2) is 0 Å². The van der Waals surface area contributed by atoms with Crippen LogP contribution in [0.1, 0.15) is 11.4 Å². The minimum Gasteiger partial charge on any atom is -1.00 e. The molecule has 8 heavy (non-hydrogen) atoms. The zero-order valence-electron chi connectivity index (χ0n) is 12.8. The van der Waals surface area contributed by atoms with Crippen molar-refractivity contribution in [3.63, 3.8) is 0 Å². The molecule has 0 saturated carbocycles. The van der Waals surface area contributed by atoms with Crippen molar-refractivity contribution >= 4 is 155 Å². The third-order valence-electron chi connectivity index (χ3n) is 0. The van der Waals surface area contributed by atoms with E-state index in [1.165, 1.54) is 0 Å². The van der Waals surface area contributed by atoms with Crippen molar-refractivity contribution in [2.75, 3.05) is 0 Å². The van der Waals surface area contributed by atoms with Crippen LogP contribution in [-0.2, 0) is 0 Å². The molecule has 0 atom stereocenters. The zero-order valence-corrected chi connectivity index (χ0v) is 16.4. The van der Waals surface area contributed by atoms with Crippen LogP contribution < -0.4 is 0 Å². The van der Waals surface area contributed by atoms with Gasteiger partial charge in [-0.05, 0) is 0 Å². The monoisotopic (exact) mass is 370 g/mol. The Morgan fingerprint density at radius 2 is 0.750 bits per heavy atom. The van der Waals surface area contributed by atoms with Gasteiger partial charge < -0.3 is 33.3 Å². The summed E-state index contributed by atoms with van der Waals surface area (Å²) in [5.74, 6) is 0. The molecule has 0 aliphatic heterocycles. The molecule has 0 unspecified atom stereocenters. The van der Waals surface area contributed by atoms with E-state index in [1.54, 1.807) is 0 Å². The molecule has 0 aromatic heterocycles. The maximum absolute atomic E-state index is 0. The molecular weight excluding hydrogens is 353 g/mol. The summed E-state index contributed by atoms with van der Waals surface area (Å²) in [6, 6.07) is 0. The van der Waals surface area contributed by atoms with Crippen molar-refractivity contribution in [2.24, 2.45) is 0 Å². The molecule has 0 radical (unpaired) electrons. The molecule has 8 heteroatoms. The largest absolute Gasteiger partial charge is 2.00 e. The molecule has 4 nitrogen and oxygen atoms in total. The average molecular weight is 369 g/mol. The van der Waals surface area contributed by atoms with Gasteiger partial charge in [0.25, 0.3) is 0 Å². The molecule has 48 valence electrons. The smallest absolute Gasteiger partial charge is 1.00 e. The molecule has 0 spiro atoms. The van der Waals surface area contributed by atoms with Gasteiger partial charge in [0.05, 0.1) is 0 Å². The first-order chi connectivity index (χ1) is 0. The first-order valence-corrected chi connectivity index (χ1v) is 0. The average Bonchev–Trinajstić information content (AvgIpc) is 0. The molecule has 0 saturated heterocycles. The second-order valence-corrected chi connectivity index (χ2v) is 0. The van der Waals surface area contributed by atoms with E-state index in [9.17, 15) is 0 Å². The minimum absolute atomic E-state index is 0. The van der Waals surface area contributed by atoms with Gasteiger partial charge in [0, 0.05) is 0 Å². The standard InChI is InChI=1S/Ba.Ca.Mg.4H2O.Sr.8H/h;;;4*1H2;;;;;;;;;/q3*+2;;;;;+2;8*-1. The maximum atomic E-state index is 0. The van der Waals surface area contributed by atoms with E-state index < -0.39 is 0 Å². The van der Waals surface area contributed by atoms with Crippen molar-refractivity contribution in [3.8, 4) is 0 Å². The summed E-state index contributed by atoms with van der Waals surface area (Å²) >= 11 is 0. The number of hydrogen-bond acceptors (Lipinski definition) is 0. The normalized spacial score (nSPS) is 0. The fourth-order valence-electron chi connectivity index (χ4n) is 0. The topological polar surface area (TPSA) is 126 Å². The van der Waals surface area contributed by atoms with E-state index >= 15 is 0 Å². The maximum Gasteiger partial charge on any atom is 2.00 e. The predicted octanol–water partition coefficient (Wildman–Crippen LogP) is -3.92. The third-order valence-corrected chi connectivity index (χ3v) is 0. The van der Waals surface area contributed by atoms with E-state index in [0.29, 0.717) is 0 Å². The Morgan fingerprint density at radius 1 is 0.750 bits per heavy atom. The fourth-order valence-corrected chi connectivity index (χ4v) is 0. The van der Waals surface area contributed by atoms with E-state index in [-0.39, 0.29) is 188 Å². The Morgan fingerprint density at radius 3 is 0.750 bits per heavy atom. The first-order valence-electron chi connectivity index (χ1n) is 0. The Balaban J connectivity index is 0. The van der Waals surface area contributed by atoms with Crippen molar-refractivity contribution in [1.82, 2.24) is 0 Å². The summed E-state index contributed by atoms with van der Waals surface area (Å²) in [6.45, 7) is 0. The third kappa shape index (κ3) is 44.4. The summed E-state index contributed by atoms with van der Waals surface area (Å²) in [4.78, 5) is 0. The van der Waals surface area contributed by atoms with Gasteiger partial charge in [-0.1, -0.05) is 0 Å². The van der Waals surface area contributed by atoms with Crippen LogP contribution in [0, 0.1) is 0 Å². The van der Waals surface area contributed by atoms with E-state index in [0.717, 1.165) is 0 Å². The van der Waals surface area contributed by atoms with Gasteiger partial charge in [-0.2, -0.15) is 0 Å². The summed E-state index contributed by atoms with van der Waals surface area (Å²) in [7, 11) is 0. The number of rotatable bonds is 0. The summed E-state index contributed by atoms with van der Waals surface area (Å²) < 4.78 is 0. The van der Waals surface area contributed by atoms with Gasteiger partial charge in [-0.3, -0.25) is 0 Å². The van der Waals surface area contributed by atoms with E-state index in [4.69, 9.17) is 0 Å². The van der Waals surface area contributed by atoms with Crippen molar-refractivity contribution in [3.05, 3.63) is 0 Å². The molecule has 0 aromatic carbocycles. The molecule has 0 fully saturated rings. The SMILES string of the molecule is O.O.O.O.[Ba+2].[Ca+2].[H-].[H-].[H-].[H-].[H-].[H-].[H-].[H-].[Mg+2].[Sr+2]. The van der Waals surface area contributed by atoms with Gasteiger partial charge in [-0.15, -0.1) is 0 Å². The minimum atomic E-state index is 0. The molecule has 0 rings (SSSR count). The number of hydrogen-bond donors (Lipinski definition) is 0. The molecule has 0 aliphatic carbocycles. The van der Waals surface area contributed by atoms with Gasteiger partial charge in [0.2, 0.25) is 0 Å². The molecule has 0 amide bonds. The molecular formula is H16BaCaMgO4Sr. The van der Waals surface area contributed by atoms with Gasteiger partial charge in [0.15, 0.2) is 0 Å². The Kier molecular flexibility index (Phi) is 557. The van der Waals surface area contributed by atoms with Gasteiger partial charge >= 0.3 is 155 Å². The second-order valence-electron chi connectivity index (χ2n) is 0. The summed E-state index contributed by atoms with van der Waals surface area (Å²) in [5.41, 5.74) is 0. The molecule has 8 N–H and O–H groups in total. The Labute approximate surface area is 184 Å². The van der Waals surface area contributed by atoms with Crippen LogP contribution >= 0.6 is 0 Å². The van der Waals surface area contributed by atoms with Crippen LogP contribution in [0.4, 0.5) is 0 Å². The zero-order chi connectivity index (χ0) is 0. The van der Waals surface area contributed by atoms with Crippen LogP contribution in [0.2, 0.25) is 0 Å². The summed E-state index contributed by atoms with van der Waals surface area (Å²) in [6.07, 6.45) is 0. The fraction of sp³-hybridized carbons (Fsp3) is 0. The first kappa shape index (κ1) is 75.9. The van der Waals surface area contributed by atoms with E-state index in [2.05, 4.69) is 0 Å². The molecule has 0 bridgehead atoms. The van der Waals surface area contributed by atoms with Crippen LogP contribution in [-0.4, -0.2) is 177 Å². The summed E-state index contributed by atoms with van der Waals surface area (Å²) in [5, 5.41) is 0. The quantitative estimate of drug-likeness (QED) is 0.387. The van der Waals surface area contributed by atoms with Crippen molar-refractivity contribution in [2.45, 2.75) is 0 Å². The van der Waals surface area contributed by atoms with Crippen LogP contribution in [0.5, 0.6) is 0 Å². The molecule has 0 heterocycles. The molecule has 0 aromatic rings. The van der Waals surface area contributed by atoms with Crippen LogP contribution in [0.25, 0.3) is 0 Å². The Bertz CT molecular complexity index is 32.0. The predicted molar refractivity (Wildman–Crippen MR) is 46.4 cm³/mol. The van der Waals surface area contributed by atoms with E-state index in [1.807, 2.05) is 0 Å². The molecule has 0 aliphatic rings. The van der Waals surface area contributed by atoms with Crippen LogP contribution in [0.3, 0.4) is 0 Å². The van der Waals surface area contributed by atoms with Crippen LogP contribution in [0.15, 0.2) is 0 Å².